The standard InChI is InChI=1S/C19H31N3O2S2/c1-13-7-6-8-17(14(13)2)20-18(25)21-22-26(23,24)16-11-9-15(10-12-16)19(3,4)5/h9-14,17,22H,6-8H2,1-5H3,(H2,20,21,25)/t13-,14+,17-/m0/s1. The average molecular weight is 398 g/mol. The first-order valence-corrected chi connectivity index (χ1v) is 11.1. The van der Waals surface area contributed by atoms with Crippen molar-refractivity contribution in [2.45, 2.75) is 70.2 Å². The summed E-state index contributed by atoms with van der Waals surface area (Å²) in [5, 5.41) is 3.56. The molecule has 1 aliphatic rings. The van der Waals surface area contributed by atoms with E-state index in [1.54, 1.807) is 12.1 Å². The van der Waals surface area contributed by atoms with Crippen LogP contribution in [0.5, 0.6) is 0 Å². The Labute approximate surface area is 163 Å². The fourth-order valence-corrected chi connectivity index (χ4v) is 4.41. The maximum Gasteiger partial charge on any atom is 0.257 e. The Morgan fingerprint density at radius 1 is 1.12 bits per heavy atom. The van der Waals surface area contributed by atoms with Gasteiger partial charge in [-0.2, -0.15) is 0 Å². The molecule has 1 saturated carbocycles. The Bertz CT molecular complexity index is 724. The van der Waals surface area contributed by atoms with Crippen LogP contribution in [0.2, 0.25) is 0 Å². The molecule has 2 rings (SSSR count). The normalized spacial score (nSPS) is 24.1. The van der Waals surface area contributed by atoms with Crippen molar-refractivity contribution in [3.8, 4) is 0 Å². The van der Waals surface area contributed by atoms with Crippen molar-refractivity contribution in [1.82, 2.24) is 15.6 Å². The lowest BCUT2D eigenvalue weighted by Gasteiger charge is -2.35. The maximum absolute atomic E-state index is 12.4. The highest BCUT2D eigenvalue weighted by molar-refractivity contribution is 7.89. The van der Waals surface area contributed by atoms with Crippen LogP contribution in [0.4, 0.5) is 0 Å². The third-order valence-electron chi connectivity index (χ3n) is 5.35. The molecular weight excluding hydrogens is 366 g/mol. The van der Waals surface area contributed by atoms with Crippen molar-refractivity contribution in [1.29, 1.82) is 0 Å². The summed E-state index contributed by atoms with van der Waals surface area (Å²) in [6.45, 7) is 10.7. The lowest BCUT2D eigenvalue weighted by molar-refractivity contribution is 0.224. The van der Waals surface area contributed by atoms with Gasteiger partial charge in [-0.25, -0.2) is 8.42 Å². The minimum atomic E-state index is -3.67. The Morgan fingerprint density at radius 3 is 2.31 bits per heavy atom. The van der Waals surface area contributed by atoms with E-state index in [1.807, 2.05) is 12.1 Å². The highest BCUT2D eigenvalue weighted by atomic mass is 32.2. The highest BCUT2D eigenvalue weighted by Crippen LogP contribution is 2.29. The Kier molecular flexibility index (Phi) is 6.69. The third-order valence-corrected chi connectivity index (χ3v) is 6.84. The van der Waals surface area contributed by atoms with Crippen molar-refractivity contribution in [2.24, 2.45) is 11.8 Å². The molecule has 146 valence electrons. The SMILES string of the molecule is C[C@H]1[C@@H](NC(=S)NNS(=O)(=O)c2ccc(C(C)(C)C)cc2)CCC[C@@H]1C. The third kappa shape index (κ3) is 5.41. The van der Waals surface area contributed by atoms with Gasteiger partial charge in [-0.05, 0) is 53.6 Å². The first-order chi connectivity index (χ1) is 12.0. The van der Waals surface area contributed by atoms with Gasteiger partial charge in [0.15, 0.2) is 5.11 Å². The minimum absolute atomic E-state index is 0.0206. The van der Waals surface area contributed by atoms with Gasteiger partial charge in [0.25, 0.3) is 10.0 Å². The second kappa shape index (κ2) is 8.23. The molecule has 1 aromatic rings. The lowest BCUT2D eigenvalue weighted by atomic mass is 9.78. The van der Waals surface area contributed by atoms with Gasteiger partial charge < -0.3 is 5.32 Å². The van der Waals surface area contributed by atoms with Crippen LogP contribution in [0.3, 0.4) is 0 Å². The zero-order valence-corrected chi connectivity index (χ0v) is 17.9. The molecule has 1 aliphatic carbocycles. The van der Waals surface area contributed by atoms with Gasteiger partial charge in [-0.1, -0.05) is 59.6 Å². The van der Waals surface area contributed by atoms with Crippen LogP contribution in [-0.4, -0.2) is 19.6 Å². The number of thiocarbonyl (C=S) groups is 1. The summed E-state index contributed by atoms with van der Waals surface area (Å²) in [4.78, 5) is 2.58. The molecular formula is C19H31N3O2S2. The summed E-state index contributed by atoms with van der Waals surface area (Å²) in [7, 11) is -3.67. The van der Waals surface area contributed by atoms with Crippen LogP contribution < -0.4 is 15.6 Å². The molecule has 7 heteroatoms. The van der Waals surface area contributed by atoms with Crippen LogP contribution in [0, 0.1) is 11.8 Å². The second-order valence-corrected chi connectivity index (χ2v) is 10.4. The number of rotatable bonds is 4. The number of hydrogen-bond donors (Lipinski definition) is 3. The highest BCUT2D eigenvalue weighted by Gasteiger charge is 2.27. The van der Waals surface area contributed by atoms with Gasteiger partial charge in [0.05, 0.1) is 4.90 Å². The lowest BCUT2D eigenvalue weighted by Crippen LogP contribution is -2.52. The summed E-state index contributed by atoms with van der Waals surface area (Å²) in [6, 6.07) is 7.19. The van der Waals surface area contributed by atoms with E-state index in [9.17, 15) is 8.42 Å². The van der Waals surface area contributed by atoms with E-state index in [2.05, 4.69) is 50.2 Å². The van der Waals surface area contributed by atoms with E-state index >= 15 is 0 Å². The molecule has 0 saturated heterocycles. The molecule has 1 fully saturated rings. The van der Waals surface area contributed by atoms with E-state index in [1.165, 1.54) is 6.42 Å². The van der Waals surface area contributed by atoms with E-state index in [0.29, 0.717) is 16.9 Å². The molecule has 5 nitrogen and oxygen atoms in total. The molecule has 26 heavy (non-hydrogen) atoms. The first kappa shape index (κ1) is 21.1. The molecule has 0 amide bonds. The van der Waals surface area contributed by atoms with E-state index in [0.717, 1.165) is 18.4 Å². The average Bonchev–Trinajstić information content (AvgIpc) is 2.57. The quantitative estimate of drug-likeness (QED) is 0.536. The maximum atomic E-state index is 12.4. The molecule has 0 aromatic heterocycles. The molecule has 1 aromatic carbocycles. The van der Waals surface area contributed by atoms with Crippen LogP contribution >= 0.6 is 12.2 Å². The van der Waals surface area contributed by atoms with Gasteiger partial charge >= 0.3 is 0 Å². The van der Waals surface area contributed by atoms with Crippen LogP contribution in [0.15, 0.2) is 29.2 Å². The molecule has 3 atom stereocenters. The van der Waals surface area contributed by atoms with E-state index in [4.69, 9.17) is 12.2 Å². The number of sulfonamides is 1. The smallest absolute Gasteiger partial charge is 0.257 e. The van der Waals surface area contributed by atoms with Crippen LogP contribution in [0.1, 0.15) is 59.4 Å². The fourth-order valence-electron chi connectivity index (χ4n) is 3.30. The molecule has 0 aliphatic heterocycles. The van der Waals surface area contributed by atoms with Gasteiger partial charge in [0, 0.05) is 6.04 Å². The molecule has 0 unspecified atom stereocenters. The van der Waals surface area contributed by atoms with Gasteiger partial charge in [-0.15, -0.1) is 4.83 Å². The predicted octanol–water partition coefficient (Wildman–Crippen LogP) is 3.47. The second-order valence-electron chi connectivity index (χ2n) is 8.35. The Balaban J connectivity index is 1.94. The van der Waals surface area contributed by atoms with Crippen molar-refractivity contribution < 1.29 is 8.42 Å². The van der Waals surface area contributed by atoms with Crippen LogP contribution in [0.25, 0.3) is 0 Å². The zero-order valence-electron chi connectivity index (χ0n) is 16.3. The fraction of sp³-hybridized carbons (Fsp3) is 0.632. The van der Waals surface area contributed by atoms with Crippen molar-refractivity contribution in [3.05, 3.63) is 29.8 Å². The molecule has 0 spiro atoms. The van der Waals surface area contributed by atoms with Crippen molar-refractivity contribution in [2.75, 3.05) is 0 Å². The van der Waals surface area contributed by atoms with Gasteiger partial charge in [0.2, 0.25) is 0 Å². The monoisotopic (exact) mass is 397 g/mol. The predicted molar refractivity (Wildman–Crippen MR) is 110 cm³/mol. The summed E-state index contributed by atoms with van der Waals surface area (Å²) < 4.78 is 24.9. The summed E-state index contributed by atoms with van der Waals surface area (Å²) in [5.41, 5.74) is 3.70. The van der Waals surface area contributed by atoms with E-state index < -0.39 is 10.0 Å². The Hall–Kier alpha value is -1.18. The van der Waals surface area contributed by atoms with E-state index in [-0.39, 0.29) is 16.4 Å². The van der Waals surface area contributed by atoms with Crippen molar-refractivity contribution in [3.63, 3.8) is 0 Å². The first-order valence-electron chi connectivity index (χ1n) is 9.19. The summed E-state index contributed by atoms with van der Waals surface area (Å²) in [5.74, 6) is 1.15. The van der Waals surface area contributed by atoms with Crippen LogP contribution in [-0.2, 0) is 15.4 Å². The van der Waals surface area contributed by atoms with Gasteiger partial charge in [-0.3, -0.25) is 5.43 Å². The number of hydrazine groups is 1. The number of hydrogen-bond acceptors (Lipinski definition) is 3. The summed E-state index contributed by atoms with van der Waals surface area (Å²) >= 11 is 5.26. The zero-order chi connectivity index (χ0) is 19.5. The molecule has 0 heterocycles. The molecule has 0 radical (unpaired) electrons. The Morgan fingerprint density at radius 2 is 1.73 bits per heavy atom. The molecule has 0 bridgehead atoms. The minimum Gasteiger partial charge on any atom is -0.359 e. The summed E-state index contributed by atoms with van der Waals surface area (Å²) in [6.07, 6.45) is 3.45. The largest absolute Gasteiger partial charge is 0.359 e. The van der Waals surface area contributed by atoms with Gasteiger partial charge in [0.1, 0.15) is 0 Å². The number of nitrogens with one attached hydrogen (secondary N) is 3. The van der Waals surface area contributed by atoms with Crippen molar-refractivity contribution >= 4 is 27.4 Å². The topological polar surface area (TPSA) is 70.2 Å². The number of benzene rings is 1. The molecule has 3 N–H and O–H groups in total.